The number of nitrogens with one attached hydrogen (secondary N) is 1. The van der Waals surface area contributed by atoms with Crippen LogP contribution in [0, 0.1) is 6.92 Å². The van der Waals surface area contributed by atoms with Gasteiger partial charge in [0.1, 0.15) is 0 Å². The molecule has 0 saturated carbocycles. The molecule has 1 atom stereocenters. The molecule has 0 spiro atoms. The normalized spacial score (nSPS) is 18.5. The molecule has 2 heterocycles. The van der Waals surface area contributed by atoms with Crippen LogP contribution in [-0.4, -0.2) is 39.6 Å². The summed E-state index contributed by atoms with van der Waals surface area (Å²) in [7, 11) is 0. The van der Waals surface area contributed by atoms with Crippen LogP contribution in [0.2, 0.25) is 0 Å². The van der Waals surface area contributed by atoms with E-state index < -0.39 is 0 Å². The average Bonchev–Trinajstić information content (AvgIpc) is 2.88. The van der Waals surface area contributed by atoms with E-state index in [1.807, 2.05) is 0 Å². The molecular weight excluding hydrogens is 224 g/mol. The van der Waals surface area contributed by atoms with Gasteiger partial charge in [-0.15, -0.1) is 0 Å². The summed E-state index contributed by atoms with van der Waals surface area (Å²) >= 11 is 0. The lowest BCUT2D eigenvalue weighted by molar-refractivity contribution is 0.236. The molecule has 1 aromatic rings. The van der Waals surface area contributed by atoms with Crippen LogP contribution in [0.25, 0.3) is 0 Å². The molecule has 0 amide bonds. The van der Waals surface area contributed by atoms with Crippen molar-refractivity contribution in [3.05, 3.63) is 11.9 Å². The zero-order chi connectivity index (χ0) is 13.1. The smallest absolute Gasteiger partial charge is 0.203 e. The van der Waals surface area contributed by atoms with Crippen LogP contribution in [0.15, 0.2) is 6.20 Å². The Kier molecular flexibility index (Phi) is 4.27. The molecule has 0 aromatic carbocycles. The molecule has 0 radical (unpaired) electrons. The van der Waals surface area contributed by atoms with Crippen LogP contribution >= 0.6 is 0 Å². The fourth-order valence-corrected chi connectivity index (χ4v) is 2.64. The predicted octanol–water partition coefficient (Wildman–Crippen LogP) is 2.50. The Balaban J connectivity index is 2.02. The van der Waals surface area contributed by atoms with Crippen molar-refractivity contribution in [2.75, 3.05) is 18.4 Å². The van der Waals surface area contributed by atoms with Crippen LogP contribution in [0.4, 0.5) is 5.95 Å². The van der Waals surface area contributed by atoms with E-state index in [2.05, 4.69) is 53.7 Å². The minimum absolute atomic E-state index is 0.424. The van der Waals surface area contributed by atoms with Gasteiger partial charge in [0.2, 0.25) is 5.95 Å². The van der Waals surface area contributed by atoms with Crippen LogP contribution in [0.3, 0.4) is 0 Å². The first-order chi connectivity index (χ1) is 8.56. The summed E-state index contributed by atoms with van der Waals surface area (Å²) in [5, 5.41) is 3.42. The molecule has 0 aliphatic carbocycles. The summed E-state index contributed by atoms with van der Waals surface area (Å²) in [6.45, 7) is 12.2. The lowest BCUT2D eigenvalue weighted by atomic mass is 10.3. The molecular formula is C14H26N4. The zero-order valence-electron chi connectivity index (χ0n) is 12.1. The maximum Gasteiger partial charge on any atom is 0.203 e. The van der Waals surface area contributed by atoms with Crippen molar-refractivity contribution in [3.8, 4) is 0 Å². The molecule has 4 heteroatoms. The van der Waals surface area contributed by atoms with Gasteiger partial charge in [-0.1, -0.05) is 0 Å². The van der Waals surface area contributed by atoms with Crippen molar-refractivity contribution in [3.63, 3.8) is 0 Å². The first kappa shape index (κ1) is 13.4. The number of aryl methyl sites for hydroxylation is 1. The van der Waals surface area contributed by atoms with Gasteiger partial charge < -0.3 is 9.88 Å². The molecule has 4 nitrogen and oxygen atoms in total. The van der Waals surface area contributed by atoms with Crippen LogP contribution in [0.5, 0.6) is 0 Å². The highest BCUT2D eigenvalue weighted by Crippen LogP contribution is 2.16. The first-order valence-electron chi connectivity index (χ1n) is 7.10. The Bertz CT molecular complexity index is 377. The SMILES string of the molecule is Cc1cn(CC(C)N2CCCC2)c(NC(C)C)n1. The van der Waals surface area contributed by atoms with Crippen LogP contribution in [-0.2, 0) is 6.54 Å². The highest BCUT2D eigenvalue weighted by Gasteiger charge is 2.19. The summed E-state index contributed by atoms with van der Waals surface area (Å²) in [5.41, 5.74) is 1.09. The van der Waals surface area contributed by atoms with E-state index in [1.165, 1.54) is 25.9 Å². The molecule has 1 aliphatic rings. The van der Waals surface area contributed by atoms with Gasteiger partial charge in [-0.25, -0.2) is 4.98 Å². The van der Waals surface area contributed by atoms with Crippen molar-refractivity contribution >= 4 is 5.95 Å². The Morgan fingerprint density at radius 3 is 2.56 bits per heavy atom. The molecule has 1 N–H and O–H groups in total. The second-order valence-corrected chi connectivity index (χ2v) is 5.75. The third-order valence-corrected chi connectivity index (χ3v) is 3.54. The van der Waals surface area contributed by atoms with Gasteiger partial charge >= 0.3 is 0 Å². The summed E-state index contributed by atoms with van der Waals surface area (Å²) in [5.74, 6) is 1.01. The van der Waals surface area contributed by atoms with E-state index in [1.54, 1.807) is 0 Å². The lowest BCUT2D eigenvalue weighted by Gasteiger charge is -2.25. The molecule has 2 rings (SSSR count). The molecule has 1 aliphatic heterocycles. The Labute approximate surface area is 110 Å². The van der Waals surface area contributed by atoms with Crippen molar-refractivity contribution < 1.29 is 0 Å². The first-order valence-corrected chi connectivity index (χ1v) is 7.10. The minimum atomic E-state index is 0.424. The Morgan fingerprint density at radius 1 is 1.28 bits per heavy atom. The average molecular weight is 250 g/mol. The van der Waals surface area contributed by atoms with E-state index >= 15 is 0 Å². The molecule has 1 unspecified atom stereocenters. The second kappa shape index (κ2) is 5.74. The van der Waals surface area contributed by atoms with E-state index in [0.29, 0.717) is 12.1 Å². The number of hydrogen-bond acceptors (Lipinski definition) is 3. The molecule has 1 aromatic heterocycles. The maximum atomic E-state index is 4.56. The van der Waals surface area contributed by atoms with Gasteiger partial charge in [-0.05, 0) is 53.6 Å². The number of anilines is 1. The quantitative estimate of drug-likeness (QED) is 0.871. The van der Waals surface area contributed by atoms with Gasteiger partial charge in [-0.3, -0.25) is 4.90 Å². The molecule has 102 valence electrons. The number of aromatic nitrogens is 2. The predicted molar refractivity (Wildman–Crippen MR) is 76.0 cm³/mol. The van der Waals surface area contributed by atoms with Gasteiger partial charge in [0.15, 0.2) is 0 Å². The number of rotatable bonds is 5. The van der Waals surface area contributed by atoms with Crippen LogP contribution < -0.4 is 5.32 Å². The van der Waals surface area contributed by atoms with E-state index in [4.69, 9.17) is 0 Å². The van der Waals surface area contributed by atoms with Crippen molar-refractivity contribution in [1.82, 2.24) is 14.5 Å². The highest BCUT2D eigenvalue weighted by atomic mass is 15.2. The topological polar surface area (TPSA) is 33.1 Å². The van der Waals surface area contributed by atoms with E-state index in [0.717, 1.165) is 18.2 Å². The standard InChI is InChI=1S/C14H26N4/c1-11(2)15-14-16-12(3)9-18(14)10-13(4)17-7-5-6-8-17/h9,11,13H,5-8,10H2,1-4H3,(H,15,16). The fraction of sp³-hybridized carbons (Fsp3) is 0.786. The maximum absolute atomic E-state index is 4.56. The summed E-state index contributed by atoms with van der Waals surface area (Å²) in [6.07, 6.45) is 4.85. The summed E-state index contributed by atoms with van der Waals surface area (Å²) in [4.78, 5) is 7.14. The van der Waals surface area contributed by atoms with Gasteiger partial charge in [0.05, 0.1) is 5.69 Å². The zero-order valence-corrected chi connectivity index (χ0v) is 12.1. The Morgan fingerprint density at radius 2 is 1.94 bits per heavy atom. The fourth-order valence-electron chi connectivity index (χ4n) is 2.64. The van der Waals surface area contributed by atoms with Crippen molar-refractivity contribution in [2.24, 2.45) is 0 Å². The second-order valence-electron chi connectivity index (χ2n) is 5.75. The lowest BCUT2D eigenvalue weighted by Crippen LogP contribution is -2.34. The largest absolute Gasteiger partial charge is 0.353 e. The molecule has 1 saturated heterocycles. The van der Waals surface area contributed by atoms with Gasteiger partial charge in [0.25, 0.3) is 0 Å². The molecule has 18 heavy (non-hydrogen) atoms. The highest BCUT2D eigenvalue weighted by molar-refractivity contribution is 5.29. The van der Waals surface area contributed by atoms with Crippen molar-refractivity contribution in [2.45, 2.75) is 59.2 Å². The number of hydrogen-bond donors (Lipinski definition) is 1. The van der Waals surface area contributed by atoms with Gasteiger partial charge in [-0.2, -0.15) is 0 Å². The number of imidazole rings is 1. The van der Waals surface area contributed by atoms with Crippen LogP contribution in [0.1, 0.15) is 39.3 Å². The summed E-state index contributed by atoms with van der Waals surface area (Å²) in [6, 6.07) is 1.02. The Hall–Kier alpha value is -1.03. The van der Waals surface area contributed by atoms with E-state index in [9.17, 15) is 0 Å². The minimum Gasteiger partial charge on any atom is -0.353 e. The monoisotopic (exact) mass is 250 g/mol. The number of likely N-dealkylation sites (tertiary alicyclic amines) is 1. The third kappa shape index (κ3) is 3.25. The molecule has 0 bridgehead atoms. The number of nitrogens with zero attached hydrogens (tertiary/aromatic N) is 3. The molecule has 1 fully saturated rings. The summed E-state index contributed by atoms with van der Waals surface area (Å²) < 4.78 is 2.26. The third-order valence-electron chi connectivity index (χ3n) is 3.54. The van der Waals surface area contributed by atoms with E-state index in [-0.39, 0.29) is 0 Å². The van der Waals surface area contributed by atoms with Gasteiger partial charge in [0, 0.05) is 24.8 Å². The van der Waals surface area contributed by atoms with Crippen molar-refractivity contribution in [1.29, 1.82) is 0 Å².